The zero-order valence-electron chi connectivity index (χ0n) is 11.8. The van der Waals surface area contributed by atoms with Gasteiger partial charge in [-0.25, -0.2) is 0 Å². The van der Waals surface area contributed by atoms with Crippen molar-refractivity contribution in [3.63, 3.8) is 0 Å². The molecule has 0 aromatic carbocycles. The highest BCUT2D eigenvalue weighted by Crippen LogP contribution is 2.59. The number of nitrogens with zero attached hydrogens (tertiary/aromatic N) is 1. The summed E-state index contributed by atoms with van der Waals surface area (Å²) in [6.07, 6.45) is 8.32. The fourth-order valence-corrected chi connectivity index (χ4v) is 6.12. The predicted octanol–water partition coefficient (Wildman–Crippen LogP) is 1.87. The van der Waals surface area contributed by atoms with E-state index in [1.54, 1.807) is 0 Å². The zero-order valence-corrected chi connectivity index (χ0v) is 11.8. The molecule has 106 valence electrons. The molecule has 1 unspecified atom stereocenters. The van der Waals surface area contributed by atoms with Gasteiger partial charge in [0, 0.05) is 25.6 Å². The lowest BCUT2D eigenvalue weighted by Gasteiger charge is -2.55. The molecule has 4 aliphatic carbocycles. The van der Waals surface area contributed by atoms with E-state index in [2.05, 4.69) is 0 Å². The average Bonchev–Trinajstić information content (AvgIpc) is 2.71. The Morgan fingerprint density at radius 3 is 2.26 bits per heavy atom. The van der Waals surface area contributed by atoms with Crippen molar-refractivity contribution in [1.29, 1.82) is 0 Å². The molecule has 0 aromatic heterocycles. The lowest BCUT2D eigenvalue weighted by molar-refractivity contribution is -0.138. The van der Waals surface area contributed by atoms with Gasteiger partial charge >= 0.3 is 0 Å². The summed E-state index contributed by atoms with van der Waals surface area (Å²) in [5.74, 6) is 5.28. The van der Waals surface area contributed by atoms with Crippen LogP contribution in [0.25, 0.3) is 0 Å². The molecule has 1 heterocycles. The number of nitrogens with two attached hydrogens (primary N) is 1. The van der Waals surface area contributed by atoms with E-state index in [1.807, 2.05) is 4.90 Å². The van der Waals surface area contributed by atoms with E-state index in [4.69, 9.17) is 5.73 Å². The van der Waals surface area contributed by atoms with Crippen molar-refractivity contribution < 1.29 is 4.79 Å². The molecule has 0 radical (unpaired) electrons. The Balaban J connectivity index is 1.52. The van der Waals surface area contributed by atoms with Gasteiger partial charge in [0.05, 0.1) is 0 Å². The highest BCUT2D eigenvalue weighted by Gasteiger charge is 2.53. The van der Waals surface area contributed by atoms with E-state index in [0.717, 1.165) is 49.1 Å². The Morgan fingerprint density at radius 2 is 1.68 bits per heavy atom. The molecule has 0 aromatic rings. The largest absolute Gasteiger partial charge is 0.341 e. The zero-order chi connectivity index (χ0) is 13.0. The van der Waals surface area contributed by atoms with Gasteiger partial charge in [0.1, 0.15) is 0 Å². The molecule has 5 rings (SSSR count). The van der Waals surface area contributed by atoms with Crippen LogP contribution in [0.4, 0.5) is 0 Å². The first-order valence-electron chi connectivity index (χ1n) is 8.25. The van der Waals surface area contributed by atoms with Crippen LogP contribution in [-0.4, -0.2) is 30.4 Å². The number of carbonyl (C=O) groups is 1. The Bertz CT molecular complexity index is 353. The molecule has 3 nitrogen and oxygen atoms in total. The van der Waals surface area contributed by atoms with Crippen LogP contribution in [0.2, 0.25) is 0 Å². The number of amides is 1. The van der Waals surface area contributed by atoms with Gasteiger partial charge in [-0.15, -0.1) is 0 Å². The number of carbonyl (C=O) groups excluding carboxylic acids is 1. The summed E-state index contributed by atoms with van der Waals surface area (Å²) in [7, 11) is 0. The van der Waals surface area contributed by atoms with E-state index in [9.17, 15) is 4.79 Å². The standard InChI is InChI=1S/C16H26N2O/c17-2-4-18-3-1-14(16(18)19)15-12-6-10-5-11(8-12)9-13(15)7-10/h10-15H,1-9,17H2. The minimum absolute atomic E-state index is 0.349. The SMILES string of the molecule is NCCN1CCC(C2C3CC4CC(C3)CC2C4)C1=O. The van der Waals surface area contributed by atoms with Crippen molar-refractivity contribution in [2.45, 2.75) is 38.5 Å². The summed E-state index contributed by atoms with van der Waals surface area (Å²) in [5.41, 5.74) is 5.62. The lowest BCUT2D eigenvalue weighted by Crippen LogP contribution is -2.49. The Morgan fingerprint density at radius 1 is 1.05 bits per heavy atom. The molecular weight excluding hydrogens is 236 g/mol. The van der Waals surface area contributed by atoms with Crippen LogP contribution >= 0.6 is 0 Å². The van der Waals surface area contributed by atoms with Crippen LogP contribution in [0.3, 0.4) is 0 Å². The molecule has 5 aliphatic rings. The summed E-state index contributed by atoms with van der Waals surface area (Å²) >= 11 is 0. The average molecular weight is 262 g/mol. The van der Waals surface area contributed by atoms with Crippen molar-refractivity contribution in [3.8, 4) is 0 Å². The van der Waals surface area contributed by atoms with Gasteiger partial charge in [0.25, 0.3) is 0 Å². The van der Waals surface area contributed by atoms with Crippen LogP contribution in [-0.2, 0) is 4.79 Å². The highest BCUT2D eigenvalue weighted by molar-refractivity contribution is 5.81. The van der Waals surface area contributed by atoms with Crippen molar-refractivity contribution >= 4 is 5.91 Å². The monoisotopic (exact) mass is 262 g/mol. The summed E-state index contributed by atoms with van der Waals surface area (Å²) in [6, 6.07) is 0. The molecule has 1 amide bonds. The summed E-state index contributed by atoms with van der Waals surface area (Å²) < 4.78 is 0. The van der Waals surface area contributed by atoms with Gasteiger partial charge in [0.2, 0.25) is 5.91 Å². The van der Waals surface area contributed by atoms with Crippen LogP contribution in [0.1, 0.15) is 38.5 Å². The van der Waals surface area contributed by atoms with E-state index in [0.29, 0.717) is 18.4 Å². The first-order valence-corrected chi connectivity index (χ1v) is 8.25. The third-order valence-corrected chi connectivity index (χ3v) is 6.50. The molecule has 19 heavy (non-hydrogen) atoms. The van der Waals surface area contributed by atoms with Crippen molar-refractivity contribution in [1.82, 2.24) is 4.90 Å². The van der Waals surface area contributed by atoms with Crippen molar-refractivity contribution in [3.05, 3.63) is 0 Å². The van der Waals surface area contributed by atoms with Gasteiger partial charge in [-0.3, -0.25) is 4.79 Å². The van der Waals surface area contributed by atoms with Crippen molar-refractivity contribution in [2.75, 3.05) is 19.6 Å². The topological polar surface area (TPSA) is 46.3 Å². The summed E-state index contributed by atoms with van der Waals surface area (Å²) in [4.78, 5) is 14.6. The van der Waals surface area contributed by atoms with Gasteiger partial charge in [-0.1, -0.05) is 0 Å². The minimum atomic E-state index is 0.349. The maximum atomic E-state index is 12.6. The van der Waals surface area contributed by atoms with E-state index in [-0.39, 0.29) is 0 Å². The van der Waals surface area contributed by atoms with Crippen LogP contribution in [0, 0.1) is 35.5 Å². The molecule has 0 spiro atoms. The van der Waals surface area contributed by atoms with E-state index >= 15 is 0 Å². The number of likely N-dealkylation sites (tertiary alicyclic amines) is 1. The lowest BCUT2D eigenvalue weighted by atomic mass is 9.49. The Labute approximate surface area is 115 Å². The predicted molar refractivity (Wildman–Crippen MR) is 74.3 cm³/mol. The summed E-state index contributed by atoms with van der Waals surface area (Å²) in [5, 5.41) is 0. The normalized spacial score (nSPS) is 48.3. The van der Waals surface area contributed by atoms with Crippen LogP contribution in [0.5, 0.6) is 0 Å². The maximum absolute atomic E-state index is 12.6. The Hall–Kier alpha value is -0.570. The molecule has 1 aliphatic heterocycles. The smallest absolute Gasteiger partial charge is 0.226 e. The fourth-order valence-electron chi connectivity index (χ4n) is 6.12. The van der Waals surface area contributed by atoms with E-state index in [1.165, 1.54) is 32.1 Å². The minimum Gasteiger partial charge on any atom is -0.341 e. The highest BCUT2D eigenvalue weighted by atomic mass is 16.2. The molecule has 4 bridgehead atoms. The van der Waals surface area contributed by atoms with E-state index < -0.39 is 0 Å². The van der Waals surface area contributed by atoms with Crippen LogP contribution in [0.15, 0.2) is 0 Å². The second-order valence-corrected chi connectivity index (χ2v) is 7.52. The first-order chi connectivity index (χ1) is 9.26. The molecular formula is C16H26N2O. The second kappa shape index (κ2) is 4.47. The second-order valence-electron chi connectivity index (χ2n) is 7.52. The van der Waals surface area contributed by atoms with Gasteiger partial charge < -0.3 is 10.6 Å². The molecule has 4 saturated carbocycles. The van der Waals surface area contributed by atoms with Crippen LogP contribution < -0.4 is 5.73 Å². The third kappa shape index (κ3) is 1.84. The molecule has 3 heteroatoms. The first kappa shape index (κ1) is 12.2. The van der Waals surface area contributed by atoms with Crippen molar-refractivity contribution in [2.24, 2.45) is 41.2 Å². The molecule has 2 N–H and O–H groups in total. The number of hydrogen-bond donors (Lipinski definition) is 1. The van der Waals surface area contributed by atoms with Gasteiger partial charge in [-0.05, 0) is 68.1 Å². The third-order valence-electron chi connectivity index (χ3n) is 6.50. The molecule has 1 atom stereocenters. The van der Waals surface area contributed by atoms with Gasteiger partial charge in [0.15, 0.2) is 0 Å². The summed E-state index contributed by atoms with van der Waals surface area (Å²) in [6.45, 7) is 2.34. The maximum Gasteiger partial charge on any atom is 0.226 e. The molecule has 1 saturated heterocycles. The number of hydrogen-bond acceptors (Lipinski definition) is 2. The molecule has 5 fully saturated rings. The fraction of sp³-hybridized carbons (Fsp3) is 0.938. The number of rotatable bonds is 3. The Kier molecular flexibility index (Phi) is 2.87. The quantitative estimate of drug-likeness (QED) is 0.844. The van der Waals surface area contributed by atoms with Gasteiger partial charge in [-0.2, -0.15) is 0 Å².